The molecule has 3 aromatic rings. The van der Waals surface area contributed by atoms with Crippen molar-refractivity contribution in [3.8, 4) is 0 Å². The fraction of sp³-hybridized carbons (Fsp3) is 0.105. The molecule has 2 aromatic carbocycles. The fourth-order valence-electron chi connectivity index (χ4n) is 2.31. The number of nitrogens with one attached hydrogen (secondary N) is 2. The second-order valence-corrected chi connectivity index (χ2v) is 8.03. The normalized spacial score (nSPS) is 11.2. The Morgan fingerprint density at radius 3 is 2.23 bits per heavy atom. The van der Waals surface area contributed by atoms with Gasteiger partial charge in [0.2, 0.25) is 0 Å². The van der Waals surface area contributed by atoms with Crippen molar-refractivity contribution in [3.05, 3.63) is 76.9 Å². The topological polar surface area (TPSA) is 71.1 Å². The summed E-state index contributed by atoms with van der Waals surface area (Å²) in [5.74, 6) is 0.624. The predicted octanol–water partition coefficient (Wildman–Crippen LogP) is 4.90. The molecule has 1 aromatic heterocycles. The molecule has 0 amide bonds. The summed E-state index contributed by atoms with van der Waals surface area (Å²) in [5, 5.41) is 3.69. The van der Waals surface area contributed by atoms with Crippen LogP contribution in [-0.4, -0.2) is 13.4 Å². The van der Waals surface area contributed by atoms with Crippen LogP contribution in [0.15, 0.2) is 65.7 Å². The van der Waals surface area contributed by atoms with E-state index in [0.29, 0.717) is 22.1 Å². The van der Waals surface area contributed by atoms with E-state index < -0.39 is 10.0 Å². The van der Waals surface area contributed by atoms with E-state index in [1.54, 1.807) is 25.1 Å². The van der Waals surface area contributed by atoms with Crippen molar-refractivity contribution in [2.24, 2.45) is 0 Å². The number of aromatic nitrogens is 1. The molecule has 134 valence electrons. The van der Waals surface area contributed by atoms with Gasteiger partial charge in [0.15, 0.2) is 0 Å². The van der Waals surface area contributed by atoms with Crippen LogP contribution >= 0.6 is 11.6 Å². The first kappa shape index (κ1) is 18.2. The van der Waals surface area contributed by atoms with Crippen molar-refractivity contribution < 1.29 is 8.42 Å². The molecular formula is C19H18ClN3O2S. The molecule has 1 heterocycles. The van der Waals surface area contributed by atoms with E-state index in [9.17, 15) is 8.42 Å². The highest BCUT2D eigenvalue weighted by Crippen LogP contribution is 2.22. The minimum absolute atomic E-state index is 0.154. The van der Waals surface area contributed by atoms with Crippen LogP contribution in [0.5, 0.6) is 0 Å². The van der Waals surface area contributed by atoms with Crippen LogP contribution in [0.4, 0.5) is 17.2 Å². The Labute approximate surface area is 158 Å². The van der Waals surface area contributed by atoms with Gasteiger partial charge in [-0.2, -0.15) is 0 Å². The van der Waals surface area contributed by atoms with Crippen LogP contribution in [0.2, 0.25) is 5.02 Å². The van der Waals surface area contributed by atoms with Crippen LogP contribution < -0.4 is 10.0 Å². The Morgan fingerprint density at radius 2 is 1.62 bits per heavy atom. The number of hydrogen-bond donors (Lipinski definition) is 2. The molecular weight excluding hydrogens is 370 g/mol. The molecule has 0 aliphatic rings. The second kappa shape index (κ2) is 7.35. The number of aryl methyl sites for hydroxylation is 2. The lowest BCUT2D eigenvalue weighted by Crippen LogP contribution is -2.13. The lowest BCUT2D eigenvalue weighted by Gasteiger charge is -2.10. The second-order valence-electron chi connectivity index (χ2n) is 5.94. The number of pyridine rings is 1. The highest BCUT2D eigenvalue weighted by molar-refractivity contribution is 7.92. The molecule has 2 N–H and O–H groups in total. The molecule has 5 nitrogen and oxygen atoms in total. The molecule has 0 fully saturated rings. The first-order chi connectivity index (χ1) is 12.3. The number of benzene rings is 2. The minimum Gasteiger partial charge on any atom is -0.340 e. The van der Waals surface area contributed by atoms with Crippen LogP contribution in [0.1, 0.15) is 11.1 Å². The molecule has 0 unspecified atom stereocenters. The van der Waals surface area contributed by atoms with E-state index in [1.165, 1.54) is 23.9 Å². The van der Waals surface area contributed by atoms with Gasteiger partial charge in [0, 0.05) is 10.7 Å². The predicted molar refractivity (Wildman–Crippen MR) is 106 cm³/mol. The monoisotopic (exact) mass is 387 g/mol. The van der Waals surface area contributed by atoms with Crippen LogP contribution in [0, 0.1) is 13.8 Å². The molecule has 0 bridgehead atoms. The number of rotatable bonds is 5. The molecule has 3 rings (SSSR count). The molecule has 0 saturated heterocycles. The Hall–Kier alpha value is -2.57. The van der Waals surface area contributed by atoms with Gasteiger partial charge in [-0.25, -0.2) is 13.4 Å². The molecule has 0 atom stereocenters. The third-order valence-corrected chi connectivity index (χ3v) is 5.58. The van der Waals surface area contributed by atoms with Crippen molar-refractivity contribution in [2.45, 2.75) is 18.7 Å². The molecule has 26 heavy (non-hydrogen) atoms. The van der Waals surface area contributed by atoms with Crippen molar-refractivity contribution in [1.29, 1.82) is 0 Å². The summed E-state index contributed by atoms with van der Waals surface area (Å²) in [4.78, 5) is 4.40. The third-order valence-electron chi connectivity index (χ3n) is 3.78. The van der Waals surface area contributed by atoms with E-state index in [4.69, 9.17) is 11.6 Å². The van der Waals surface area contributed by atoms with Gasteiger partial charge in [-0.3, -0.25) is 4.72 Å². The third kappa shape index (κ3) is 4.33. The summed E-state index contributed by atoms with van der Waals surface area (Å²) in [6.45, 7) is 3.78. The van der Waals surface area contributed by atoms with E-state index in [-0.39, 0.29) is 4.90 Å². The van der Waals surface area contributed by atoms with Gasteiger partial charge in [0.25, 0.3) is 10.0 Å². The first-order valence-corrected chi connectivity index (χ1v) is 9.78. The number of hydrogen-bond acceptors (Lipinski definition) is 4. The largest absolute Gasteiger partial charge is 0.340 e. The molecule has 0 saturated carbocycles. The zero-order chi connectivity index (χ0) is 18.7. The Kier molecular flexibility index (Phi) is 5.15. The van der Waals surface area contributed by atoms with Crippen LogP contribution in [0.3, 0.4) is 0 Å². The number of nitrogens with zero attached hydrogens (tertiary/aromatic N) is 1. The summed E-state index contributed by atoms with van der Waals surface area (Å²) < 4.78 is 27.5. The van der Waals surface area contributed by atoms with Gasteiger partial charge < -0.3 is 5.32 Å². The molecule has 0 aliphatic carbocycles. The summed E-state index contributed by atoms with van der Waals surface area (Å²) >= 11 is 5.95. The number of sulfonamides is 1. The van der Waals surface area contributed by atoms with Crippen LogP contribution in [0.25, 0.3) is 0 Å². The number of halogens is 1. The molecule has 7 heteroatoms. The SMILES string of the molecule is Cc1ccc(Nc2ccc(NS(=O)(=O)c3ccc(Cl)c(C)c3)cn2)cc1. The zero-order valence-corrected chi connectivity index (χ0v) is 15.9. The van der Waals surface area contributed by atoms with Crippen molar-refractivity contribution in [2.75, 3.05) is 10.0 Å². The van der Waals surface area contributed by atoms with Crippen molar-refractivity contribution >= 4 is 38.8 Å². The van der Waals surface area contributed by atoms with E-state index in [1.807, 2.05) is 31.2 Å². The van der Waals surface area contributed by atoms with Crippen molar-refractivity contribution in [3.63, 3.8) is 0 Å². The maximum atomic E-state index is 12.5. The van der Waals surface area contributed by atoms with Gasteiger partial charge in [-0.05, 0) is 61.9 Å². The fourth-order valence-corrected chi connectivity index (χ4v) is 3.56. The van der Waals surface area contributed by atoms with Crippen molar-refractivity contribution in [1.82, 2.24) is 4.98 Å². The van der Waals surface area contributed by atoms with Gasteiger partial charge in [-0.1, -0.05) is 29.3 Å². The van der Waals surface area contributed by atoms with Gasteiger partial charge in [-0.15, -0.1) is 0 Å². The molecule has 0 spiro atoms. The first-order valence-electron chi connectivity index (χ1n) is 7.92. The highest BCUT2D eigenvalue weighted by Gasteiger charge is 2.15. The Bertz CT molecular complexity index is 1020. The smallest absolute Gasteiger partial charge is 0.261 e. The summed E-state index contributed by atoms with van der Waals surface area (Å²) in [5.41, 5.74) is 3.16. The minimum atomic E-state index is -3.70. The van der Waals surface area contributed by atoms with E-state index in [2.05, 4.69) is 15.0 Å². The summed E-state index contributed by atoms with van der Waals surface area (Å²) in [6, 6.07) is 15.8. The summed E-state index contributed by atoms with van der Waals surface area (Å²) in [7, 11) is -3.70. The molecule has 0 radical (unpaired) electrons. The van der Waals surface area contributed by atoms with Gasteiger partial charge in [0.1, 0.15) is 5.82 Å². The number of anilines is 3. The van der Waals surface area contributed by atoms with Gasteiger partial charge >= 0.3 is 0 Å². The average molecular weight is 388 g/mol. The zero-order valence-electron chi connectivity index (χ0n) is 14.3. The van der Waals surface area contributed by atoms with Crippen LogP contribution in [-0.2, 0) is 10.0 Å². The average Bonchev–Trinajstić information content (AvgIpc) is 2.61. The highest BCUT2D eigenvalue weighted by atomic mass is 35.5. The van der Waals surface area contributed by atoms with Gasteiger partial charge in [0.05, 0.1) is 16.8 Å². The molecule has 0 aliphatic heterocycles. The maximum Gasteiger partial charge on any atom is 0.261 e. The lowest BCUT2D eigenvalue weighted by atomic mass is 10.2. The Morgan fingerprint density at radius 1 is 0.923 bits per heavy atom. The van der Waals surface area contributed by atoms with E-state index >= 15 is 0 Å². The maximum absolute atomic E-state index is 12.5. The quantitative estimate of drug-likeness (QED) is 0.653. The summed E-state index contributed by atoms with van der Waals surface area (Å²) in [6.07, 6.45) is 1.47. The lowest BCUT2D eigenvalue weighted by molar-refractivity contribution is 0.601. The van der Waals surface area contributed by atoms with E-state index in [0.717, 1.165) is 5.69 Å². The standard InChI is InChI=1S/C19H18ClN3O2S/c1-13-3-5-15(6-4-13)22-19-10-7-16(12-21-19)23-26(24,25)17-8-9-18(20)14(2)11-17/h3-12,23H,1-2H3,(H,21,22). The Balaban J connectivity index is 1.73.